The summed E-state index contributed by atoms with van der Waals surface area (Å²) in [7, 11) is 0. The Hall–Kier alpha value is -1.42. The first-order valence-corrected chi connectivity index (χ1v) is 5.70. The van der Waals surface area contributed by atoms with E-state index in [0.29, 0.717) is 0 Å². The van der Waals surface area contributed by atoms with Crippen molar-refractivity contribution in [1.82, 2.24) is 10.3 Å². The van der Waals surface area contributed by atoms with Gasteiger partial charge in [0.05, 0.1) is 17.3 Å². The number of carbonyl (C=O) groups is 1. The molecule has 16 heavy (non-hydrogen) atoms. The summed E-state index contributed by atoms with van der Waals surface area (Å²) in [5.41, 5.74) is 1.68. The van der Waals surface area contributed by atoms with E-state index in [1.165, 1.54) is 0 Å². The van der Waals surface area contributed by atoms with E-state index in [1.54, 1.807) is 6.20 Å². The Morgan fingerprint density at radius 2 is 2.50 bits per heavy atom. The number of hydrogen-bond donors (Lipinski definition) is 2. The fraction of sp³-hybridized carbons (Fsp3) is 0.500. The summed E-state index contributed by atoms with van der Waals surface area (Å²) in [5.74, 6) is 0.191. The zero-order valence-electron chi connectivity index (χ0n) is 9.49. The molecule has 0 aliphatic carbocycles. The molecule has 0 radical (unpaired) electrons. The smallest absolute Gasteiger partial charge is 0.228 e. The van der Waals surface area contributed by atoms with Crippen molar-refractivity contribution in [3.63, 3.8) is 0 Å². The van der Waals surface area contributed by atoms with E-state index in [1.807, 2.05) is 19.1 Å². The Kier molecular flexibility index (Phi) is 3.51. The van der Waals surface area contributed by atoms with E-state index in [9.17, 15) is 4.79 Å². The van der Waals surface area contributed by atoms with E-state index in [2.05, 4.69) is 15.6 Å². The first kappa shape index (κ1) is 11.1. The molecular weight excluding hydrogens is 202 g/mol. The zero-order chi connectivity index (χ0) is 11.4. The van der Waals surface area contributed by atoms with Crippen molar-refractivity contribution in [3.8, 4) is 0 Å². The van der Waals surface area contributed by atoms with Crippen LogP contribution < -0.4 is 10.6 Å². The fourth-order valence-corrected chi connectivity index (χ4v) is 1.93. The van der Waals surface area contributed by atoms with E-state index >= 15 is 0 Å². The van der Waals surface area contributed by atoms with Crippen LogP contribution in [0, 0.1) is 12.8 Å². The molecule has 1 aliphatic rings. The summed E-state index contributed by atoms with van der Waals surface area (Å²) in [6.07, 6.45) is 3.77. The summed E-state index contributed by atoms with van der Waals surface area (Å²) >= 11 is 0. The predicted molar refractivity (Wildman–Crippen MR) is 63.2 cm³/mol. The Labute approximate surface area is 95.5 Å². The molecule has 1 atom stereocenters. The van der Waals surface area contributed by atoms with Gasteiger partial charge in [0.15, 0.2) is 0 Å². The second-order valence-electron chi connectivity index (χ2n) is 4.17. The predicted octanol–water partition coefficient (Wildman–Crippen LogP) is 1.33. The minimum Gasteiger partial charge on any atom is -0.324 e. The fourth-order valence-electron chi connectivity index (χ4n) is 1.93. The summed E-state index contributed by atoms with van der Waals surface area (Å²) in [6, 6.07) is 3.72. The number of anilines is 1. The van der Waals surface area contributed by atoms with Crippen LogP contribution in [0.5, 0.6) is 0 Å². The molecule has 1 aromatic heterocycles. The maximum atomic E-state index is 11.9. The molecule has 0 unspecified atom stereocenters. The van der Waals surface area contributed by atoms with Crippen molar-refractivity contribution in [3.05, 3.63) is 24.0 Å². The molecule has 0 spiro atoms. The molecule has 0 saturated carbocycles. The van der Waals surface area contributed by atoms with Crippen molar-refractivity contribution >= 4 is 11.6 Å². The molecule has 4 nitrogen and oxygen atoms in total. The summed E-state index contributed by atoms with van der Waals surface area (Å²) in [5, 5.41) is 6.18. The van der Waals surface area contributed by atoms with Gasteiger partial charge in [-0.15, -0.1) is 0 Å². The molecule has 2 N–H and O–H groups in total. The number of piperidine rings is 1. The maximum absolute atomic E-state index is 11.9. The number of hydrogen-bond acceptors (Lipinski definition) is 3. The topological polar surface area (TPSA) is 54.0 Å². The highest BCUT2D eigenvalue weighted by Gasteiger charge is 2.21. The van der Waals surface area contributed by atoms with E-state index in [0.717, 1.165) is 37.3 Å². The number of carbonyl (C=O) groups excluding carboxylic acids is 1. The SMILES string of the molecule is Cc1ncccc1NC(=O)[C@@H]1CCCNC1. The number of aryl methyl sites for hydroxylation is 1. The van der Waals surface area contributed by atoms with Crippen LogP contribution in [-0.2, 0) is 4.79 Å². The first-order valence-electron chi connectivity index (χ1n) is 5.70. The van der Waals surface area contributed by atoms with Gasteiger partial charge >= 0.3 is 0 Å². The number of aromatic nitrogens is 1. The van der Waals surface area contributed by atoms with Crippen molar-refractivity contribution in [2.45, 2.75) is 19.8 Å². The molecule has 4 heteroatoms. The third-order valence-electron chi connectivity index (χ3n) is 2.93. The van der Waals surface area contributed by atoms with Crippen molar-refractivity contribution in [2.75, 3.05) is 18.4 Å². The normalized spacial score (nSPS) is 20.4. The van der Waals surface area contributed by atoms with E-state index in [4.69, 9.17) is 0 Å². The Balaban J connectivity index is 1.99. The van der Waals surface area contributed by atoms with Crippen molar-refractivity contribution in [2.24, 2.45) is 5.92 Å². The van der Waals surface area contributed by atoms with Crippen LogP contribution in [0.15, 0.2) is 18.3 Å². The second kappa shape index (κ2) is 5.07. The van der Waals surface area contributed by atoms with Crippen LogP contribution >= 0.6 is 0 Å². The van der Waals surface area contributed by atoms with Gasteiger partial charge in [-0.3, -0.25) is 9.78 Å². The molecule has 2 heterocycles. The van der Waals surface area contributed by atoms with Crippen LogP contribution in [-0.4, -0.2) is 24.0 Å². The lowest BCUT2D eigenvalue weighted by atomic mass is 9.99. The van der Waals surface area contributed by atoms with Crippen LogP contribution in [0.1, 0.15) is 18.5 Å². The minimum atomic E-state index is 0.0911. The molecule has 1 aliphatic heterocycles. The van der Waals surface area contributed by atoms with E-state index in [-0.39, 0.29) is 11.8 Å². The van der Waals surface area contributed by atoms with E-state index < -0.39 is 0 Å². The monoisotopic (exact) mass is 219 g/mol. The van der Waals surface area contributed by atoms with Gasteiger partial charge in [-0.2, -0.15) is 0 Å². The maximum Gasteiger partial charge on any atom is 0.228 e. The third kappa shape index (κ3) is 2.58. The standard InChI is InChI=1S/C12H17N3O/c1-9-11(5-3-7-14-9)15-12(16)10-4-2-6-13-8-10/h3,5,7,10,13H,2,4,6,8H2,1H3,(H,15,16)/t10-/m1/s1. The Bertz CT molecular complexity index is 372. The van der Waals surface area contributed by atoms with Gasteiger partial charge < -0.3 is 10.6 Å². The van der Waals surface area contributed by atoms with Crippen LogP contribution in [0.3, 0.4) is 0 Å². The molecule has 0 bridgehead atoms. The number of amides is 1. The van der Waals surface area contributed by atoms with Gasteiger partial charge in [-0.1, -0.05) is 0 Å². The lowest BCUT2D eigenvalue weighted by Crippen LogP contribution is -2.37. The number of nitrogens with zero attached hydrogens (tertiary/aromatic N) is 1. The summed E-state index contributed by atoms with van der Waals surface area (Å²) in [6.45, 7) is 3.70. The minimum absolute atomic E-state index is 0.0911. The molecule has 0 aromatic carbocycles. The lowest BCUT2D eigenvalue weighted by molar-refractivity contribution is -0.120. The number of pyridine rings is 1. The van der Waals surface area contributed by atoms with Gasteiger partial charge in [0.25, 0.3) is 0 Å². The lowest BCUT2D eigenvalue weighted by Gasteiger charge is -2.22. The second-order valence-corrected chi connectivity index (χ2v) is 4.17. The van der Waals surface area contributed by atoms with Crippen LogP contribution in [0.25, 0.3) is 0 Å². The average Bonchev–Trinajstić information content (AvgIpc) is 2.33. The summed E-state index contributed by atoms with van der Waals surface area (Å²) in [4.78, 5) is 16.1. The van der Waals surface area contributed by atoms with Crippen molar-refractivity contribution < 1.29 is 4.79 Å². The molecule has 1 amide bonds. The Morgan fingerprint density at radius 1 is 1.62 bits per heavy atom. The number of rotatable bonds is 2. The highest BCUT2D eigenvalue weighted by atomic mass is 16.1. The molecule has 2 rings (SSSR count). The van der Waals surface area contributed by atoms with Gasteiger partial charge in [-0.25, -0.2) is 0 Å². The first-order chi connectivity index (χ1) is 7.77. The van der Waals surface area contributed by atoms with Gasteiger partial charge in [0.2, 0.25) is 5.91 Å². The molecule has 1 aromatic rings. The number of nitrogens with one attached hydrogen (secondary N) is 2. The third-order valence-corrected chi connectivity index (χ3v) is 2.93. The van der Waals surface area contributed by atoms with Gasteiger partial charge in [-0.05, 0) is 38.4 Å². The highest BCUT2D eigenvalue weighted by Crippen LogP contribution is 2.15. The van der Waals surface area contributed by atoms with Crippen LogP contribution in [0.2, 0.25) is 0 Å². The quantitative estimate of drug-likeness (QED) is 0.789. The average molecular weight is 219 g/mol. The van der Waals surface area contributed by atoms with Crippen molar-refractivity contribution in [1.29, 1.82) is 0 Å². The molecule has 1 fully saturated rings. The van der Waals surface area contributed by atoms with Crippen LogP contribution in [0.4, 0.5) is 5.69 Å². The largest absolute Gasteiger partial charge is 0.324 e. The summed E-state index contributed by atoms with van der Waals surface area (Å²) < 4.78 is 0. The molecule has 86 valence electrons. The molecular formula is C12H17N3O. The highest BCUT2D eigenvalue weighted by molar-refractivity contribution is 5.93. The molecule has 1 saturated heterocycles. The Morgan fingerprint density at radius 3 is 3.19 bits per heavy atom. The zero-order valence-corrected chi connectivity index (χ0v) is 9.49. The van der Waals surface area contributed by atoms with Gasteiger partial charge in [0.1, 0.15) is 0 Å². The van der Waals surface area contributed by atoms with Gasteiger partial charge in [0, 0.05) is 12.7 Å².